The number of nitrogens with two attached hydrogens (primary N) is 2. The molecule has 0 amide bonds. The largest absolute Gasteiger partial charge is 0.395 e. The fraction of sp³-hybridized carbons (Fsp3) is 0.326. The Bertz CT molecular complexity index is 2440. The smallest absolute Gasteiger partial charge is 0.207 e. The maximum absolute atomic E-state index is 13.5. The summed E-state index contributed by atoms with van der Waals surface area (Å²) >= 11 is 10.6. The lowest BCUT2D eigenvalue weighted by Crippen LogP contribution is -2.47. The molecule has 2 saturated heterocycles. The number of hydrogen-bond donors (Lipinski definition) is 6. The molecule has 7 rings (SSSR count). The lowest BCUT2D eigenvalue weighted by molar-refractivity contribution is 0.102. The predicted molar refractivity (Wildman–Crippen MR) is 286 cm³/mol. The number of thiazole rings is 1. The van der Waals surface area contributed by atoms with Gasteiger partial charge >= 0.3 is 0 Å². The number of nitrogen functional groups attached to an aromatic ring is 1. The van der Waals surface area contributed by atoms with Gasteiger partial charge in [0.2, 0.25) is 5.78 Å². The molecule has 372 valence electrons. The molecule has 69 heavy (non-hydrogen) atoms. The van der Waals surface area contributed by atoms with Crippen LogP contribution in [0.2, 0.25) is 0 Å². The Kier molecular flexibility index (Phi) is 23.7. The average molecular weight is 1100 g/mol. The number of ketones is 2. The van der Waals surface area contributed by atoms with Crippen molar-refractivity contribution in [1.29, 1.82) is 0 Å². The van der Waals surface area contributed by atoms with E-state index in [1.165, 1.54) is 17.4 Å². The van der Waals surface area contributed by atoms with Crippen molar-refractivity contribution in [3.63, 3.8) is 0 Å². The van der Waals surface area contributed by atoms with Crippen LogP contribution < -0.4 is 31.9 Å². The summed E-state index contributed by atoms with van der Waals surface area (Å²) in [5.41, 5.74) is 15.5. The number of nitrogens with zero attached hydrogens (tertiary/aromatic N) is 6. The molecular formula is C46H56BrF4N10O4PS3. The second kappa shape index (κ2) is 28.8. The Hall–Kier alpha value is -4.77. The number of β-amino-alcohol motifs (C(OH)–C–C–N with tert-alkyl or cyclic N) is 2. The zero-order valence-electron chi connectivity index (χ0n) is 37.9. The highest BCUT2D eigenvalue weighted by molar-refractivity contribution is 9.09. The highest BCUT2D eigenvalue weighted by Crippen LogP contribution is 2.31. The molecule has 1 aromatic heterocycles. The number of aromatic nitrogens is 1. The summed E-state index contributed by atoms with van der Waals surface area (Å²) in [6, 6.07) is 21.4. The first kappa shape index (κ1) is 56.8. The number of thiocarbonyl (C=S) groups is 1. The lowest BCUT2D eigenvalue weighted by atomic mass is 10.1. The van der Waals surface area contributed by atoms with Crippen LogP contribution in [0, 0.1) is 23.3 Å². The number of thioether (sulfide) groups is 1. The number of carbonyl (C=O) groups is 2. The van der Waals surface area contributed by atoms with Gasteiger partial charge in [0.05, 0.1) is 18.5 Å². The van der Waals surface area contributed by atoms with Gasteiger partial charge in [-0.15, -0.1) is 0 Å². The van der Waals surface area contributed by atoms with Gasteiger partial charge in [-0.1, -0.05) is 46.0 Å². The molecule has 1 unspecified atom stereocenters. The highest BCUT2D eigenvalue weighted by Gasteiger charge is 2.21. The Labute approximate surface area is 424 Å². The molecule has 8 N–H and O–H groups in total. The zero-order chi connectivity index (χ0) is 49.2. The number of anilines is 6. The third-order valence-corrected chi connectivity index (χ3v) is 12.7. The fourth-order valence-corrected chi connectivity index (χ4v) is 8.88. The topological polar surface area (TPSA) is 189 Å². The standard InChI is InChI=1S/C22H23F2N5O2S.C16H25N5OS2.C8H5BrF2O.H3P/c23-15-11-14(12-16(24)13-15)19(31)20-21(25)27-22(32-20)26-17-1-3-18(4-2-17)29-7-5-28(6-8-29)9-10-30;1-2-24-15(17)19-16(23)18-13-3-5-14(6-4-13)21-9-7-20(8-10-21)11-12-22;9-4-8(12)5-1-6(10)3-7(11)2-5;/h1-4,11-13,30H,5-10,25H2,(H,26,27);3-6,22H,2,7-12H2,1H3,(H3,17,18,19,23);1-3H,4H2;1H3. The molecule has 23 heteroatoms. The van der Waals surface area contributed by atoms with Gasteiger partial charge in [0.15, 0.2) is 21.2 Å². The van der Waals surface area contributed by atoms with Crippen molar-refractivity contribution in [3.05, 3.63) is 124 Å². The molecule has 14 nitrogen and oxygen atoms in total. The molecule has 4 aromatic carbocycles. The predicted octanol–water partition coefficient (Wildman–Crippen LogP) is 7.26. The summed E-state index contributed by atoms with van der Waals surface area (Å²) in [6.07, 6.45) is 0. The number of nitrogens with one attached hydrogen (secondary N) is 2. The summed E-state index contributed by atoms with van der Waals surface area (Å²) < 4.78 is 51.9. The Balaban J connectivity index is 0.000000247. The lowest BCUT2D eigenvalue weighted by Gasteiger charge is -2.35. The normalized spacial score (nSPS) is 14.1. The van der Waals surface area contributed by atoms with E-state index >= 15 is 0 Å². The van der Waals surface area contributed by atoms with Crippen LogP contribution in [0.15, 0.2) is 89.9 Å². The molecule has 3 heterocycles. The number of rotatable bonds is 14. The molecule has 0 radical (unpaired) electrons. The number of aliphatic hydroxyl groups excluding tert-OH is 2. The monoisotopic (exact) mass is 1090 g/mol. The molecule has 2 fully saturated rings. The van der Waals surface area contributed by atoms with E-state index in [0.29, 0.717) is 28.0 Å². The van der Waals surface area contributed by atoms with Crippen molar-refractivity contribution in [3.8, 4) is 0 Å². The summed E-state index contributed by atoms with van der Waals surface area (Å²) in [4.78, 5) is 41.2. The van der Waals surface area contributed by atoms with Gasteiger partial charge in [-0.05, 0) is 90.8 Å². The van der Waals surface area contributed by atoms with E-state index in [0.717, 1.165) is 123 Å². The minimum absolute atomic E-state index is 0. The molecular weight excluding hydrogens is 1040 g/mol. The fourth-order valence-electron chi connectivity index (χ4n) is 6.96. The second-order valence-electron chi connectivity index (χ2n) is 15.1. The minimum atomic E-state index is -0.829. The molecule has 1 atom stereocenters. The molecule has 0 aliphatic carbocycles. The van der Waals surface area contributed by atoms with Crippen LogP contribution in [0.5, 0.6) is 0 Å². The Morgan fingerprint density at radius 1 is 0.768 bits per heavy atom. The number of benzene rings is 4. The number of piperazine rings is 2. The van der Waals surface area contributed by atoms with Crippen LogP contribution in [0.1, 0.15) is 32.5 Å². The minimum Gasteiger partial charge on any atom is -0.395 e. The first-order valence-electron chi connectivity index (χ1n) is 21.4. The zero-order valence-corrected chi connectivity index (χ0v) is 43.3. The summed E-state index contributed by atoms with van der Waals surface area (Å²) in [7, 11) is 0. The Morgan fingerprint density at radius 2 is 1.22 bits per heavy atom. The van der Waals surface area contributed by atoms with Crippen molar-refractivity contribution in [2.45, 2.75) is 6.92 Å². The second-order valence-corrected chi connectivity index (χ2v) is 18.3. The quantitative estimate of drug-likeness (QED) is 0.0124. The van der Waals surface area contributed by atoms with E-state index in [-0.39, 0.29) is 56.0 Å². The van der Waals surface area contributed by atoms with E-state index in [1.54, 1.807) is 0 Å². The van der Waals surface area contributed by atoms with E-state index in [4.69, 9.17) is 33.9 Å². The van der Waals surface area contributed by atoms with Crippen molar-refractivity contribution in [2.75, 3.05) is 116 Å². The first-order valence-corrected chi connectivity index (χ1v) is 24.7. The first-order chi connectivity index (χ1) is 32.7. The van der Waals surface area contributed by atoms with Crippen molar-refractivity contribution in [2.24, 2.45) is 10.7 Å². The number of halogens is 5. The molecule has 0 saturated carbocycles. The van der Waals surface area contributed by atoms with Crippen LogP contribution in [0.25, 0.3) is 0 Å². The summed E-state index contributed by atoms with van der Waals surface area (Å²) in [5.74, 6) is -3.17. The van der Waals surface area contributed by atoms with E-state index < -0.39 is 29.1 Å². The van der Waals surface area contributed by atoms with Crippen LogP contribution in [-0.2, 0) is 0 Å². The molecule has 2 aliphatic rings. The van der Waals surface area contributed by atoms with Crippen molar-refractivity contribution < 1.29 is 37.4 Å². The average Bonchev–Trinajstić information content (AvgIpc) is 3.68. The summed E-state index contributed by atoms with van der Waals surface area (Å²) in [5, 5.41) is 25.6. The number of amidine groups is 1. The summed E-state index contributed by atoms with van der Waals surface area (Å²) in [6.45, 7) is 11.4. The Morgan fingerprint density at radius 3 is 1.65 bits per heavy atom. The van der Waals surface area contributed by atoms with Crippen molar-refractivity contribution in [1.82, 2.24) is 14.8 Å². The van der Waals surface area contributed by atoms with Gasteiger partial charge in [0.1, 0.15) is 34.0 Å². The highest BCUT2D eigenvalue weighted by atomic mass is 79.9. The maximum Gasteiger partial charge on any atom is 0.207 e. The van der Waals surface area contributed by atoms with Crippen LogP contribution in [0.4, 0.5) is 51.3 Å². The maximum atomic E-state index is 13.5. The van der Waals surface area contributed by atoms with E-state index in [9.17, 15) is 27.2 Å². The van der Waals surface area contributed by atoms with Gasteiger partial charge in [0, 0.05) is 111 Å². The van der Waals surface area contributed by atoms with E-state index in [1.807, 2.05) is 43.3 Å². The molecule has 5 aromatic rings. The van der Waals surface area contributed by atoms with Gasteiger partial charge in [0.25, 0.3) is 0 Å². The van der Waals surface area contributed by atoms with E-state index in [2.05, 4.69) is 68.3 Å². The third-order valence-electron chi connectivity index (χ3n) is 10.3. The molecule has 0 bridgehead atoms. The number of hydrogen-bond acceptors (Lipinski definition) is 14. The SMILES string of the molecule is CCSC(N)=NC(=S)Nc1ccc(N2CCN(CCO)CC2)cc1.Nc1nc(Nc2ccc(N3CCN(CCO)CC3)cc2)sc1C(=O)c1cc(F)cc(F)c1.O=C(CBr)c1cc(F)cc(F)c1.P. The molecule has 2 aliphatic heterocycles. The number of Topliss-reactive ketones (excluding diaryl/α,β-unsaturated/α-hetero) is 1. The number of aliphatic imine (C=N–C) groups is 1. The van der Waals surface area contributed by atoms with Crippen LogP contribution in [-0.4, -0.2) is 137 Å². The van der Waals surface area contributed by atoms with Crippen LogP contribution in [0.3, 0.4) is 0 Å². The van der Waals surface area contributed by atoms with Gasteiger partial charge in [-0.25, -0.2) is 22.5 Å². The van der Waals surface area contributed by atoms with Crippen LogP contribution >= 0.6 is 61.1 Å². The van der Waals surface area contributed by atoms with Gasteiger partial charge in [-0.3, -0.25) is 19.4 Å². The van der Waals surface area contributed by atoms with Crippen molar-refractivity contribution >= 4 is 117 Å². The number of carbonyl (C=O) groups excluding carboxylic acids is 2. The number of aliphatic hydroxyl groups is 2. The molecule has 0 spiro atoms. The van der Waals surface area contributed by atoms with Gasteiger partial charge in [-0.2, -0.15) is 14.9 Å². The van der Waals surface area contributed by atoms with Gasteiger partial charge < -0.3 is 42.1 Å². The third kappa shape index (κ3) is 18.2. The number of alkyl halides is 1.